The minimum absolute atomic E-state index is 0.182. The Balaban J connectivity index is 1.53. The average Bonchev–Trinajstić information content (AvgIpc) is 3.10. The van der Waals surface area contributed by atoms with E-state index >= 15 is 0 Å². The van der Waals surface area contributed by atoms with E-state index in [1.54, 1.807) is 0 Å². The average molecular weight is 476 g/mol. The first kappa shape index (κ1) is 22.9. The zero-order valence-electron chi connectivity index (χ0n) is 18.4. The van der Waals surface area contributed by atoms with Crippen LogP contribution in [0.1, 0.15) is 64.3 Å². The van der Waals surface area contributed by atoms with Gasteiger partial charge in [0.15, 0.2) is 0 Å². The fourth-order valence-electron chi connectivity index (χ4n) is 4.57. The molecule has 1 aliphatic carbocycles. The smallest absolute Gasteiger partial charge is 0.256 e. The standard InChI is InChI=1S/C23H29N3O4S2/c1-14-5-10-18-19(12-14)31-23(20(18)21(24)27)25-22(28)16-6-8-17(9-7-16)32(29,30)26-11-3-4-15(2)13-26/h6-9,14-15H,3-5,10-13H2,1-2H3,(H2,24,27)(H,25,28). The number of sulfonamides is 1. The molecule has 32 heavy (non-hydrogen) atoms. The Morgan fingerprint density at radius 3 is 2.50 bits per heavy atom. The highest BCUT2D eigenvalue weighted by molar-refractivity contribution is 7.89. The molecule has 1 saturated heterocycles. The summed E-state index contributed by atoms with van der Waals surface area (Å²) in [5, 5.41) is 3.30. The second-order valence-corrected chi connectivity index (χ2v) is 12.1. The number of nitrogens with zero attached hydrogens (tertiary/aromatic N) is 1. The molecule has 2 heterocycles. The van der Waals surface area contributed by atoms with E-state index in [0.717, 1.165) is 42.5 Å². The Hall–Kier alpha value is -2.23. The molecular formula is C23H29N3O4S2. The molecule has 9 heteroatoms. The number of amides is 2. The molecule has 2 amide bonds. The molecule has 2 unspecified atom stereocenters. The molecule has 2 aliphatic rings. The third-order valence-electron chi connectivity index (χ3n) is 6.36. The fraction of sp³-hybridized carbons (Fsp3) is 0.478. The zero-order valence-corrected chi connectivity index (χ0v) is 20.0. The van der Waals surface area contributed by atoms with E-state index in [9.17, 15) is 18.0 Å². The summed E-state index contributed by atoms with van der Waals surface area (Å²) in [6, 6.07) is 5.96. The largest absolute Gasteiger partial charge is 0.365 e. The van der Waals surface area contributed by atoms with Crippen molar-refractivity contribution in [1.82, 2.24) is 4.31 Å². The Morgan fingerprint density at radius 1 is 1.12 bits per heavy atom. The van der Waals surface area contributed by atoms with Gasteiger partial charge in [-0.1, -0.05) is 13.8 Å². The summed E-state index contributed by atoms with van der Waals surface area (Å²) in [5.74, 6) is -0.0651. The summed E-state index contributed by atoms with van der Waals surface area (Å²) in [6.07, 6.45) is 4.53. The van der Waals surface area contributed by atoms with Crippen molar-refractivity contribution < 1.29 is 18.0 Å². The topological polar surface area (TPSA) is 110 Å². The SMILES string of the molecule is CC1CCc2c(sc(NC(=O)c3ccc(S(=O)(=O)N4CCCC(C)C4)cc3)c2C(N)=O)C1. The van der Waals surface area contributed by atoms with Crippen molar-refractivity contribution in [2.75, 3.05) is 18.4 Å². The van der Waals surface area contributed by atoms with E-state index in [-0.39, 0.29) is 4.90 Å². The highest BCUT2D eigenvalue weighted by Crippen LogP contribution is 2.39. The summed E-state index contributed by atoms with van der Waals surface area (Å²) >= 11 is 1.41. The number of nitrogens with one attached hydrogen (secondary N) is 1. The Bertz CT molecular complexity index is 1140. The van der Waals surface area contributed by atoms with Crippen molar-refractivity contribution in [3.63, 3.8) is 0 Å². The number of thiophene rings is 1. The van der Waals surface area contributed by atoms with Gasteiger partial charge in [-0.2, -0.15) is 4.31 Å². The van der Waals surface area contributed by atoms with Crippen LogP contribution in [-0.4, -0.2) is 37.6 Å². The monoisotopic (exact) mass is 475 g/mol. The van der Waals surface area contributed by atoms with Crippen LogP contribution in [0.25, 0.3) is 0 Å². The Kier molecular flexibility index (Phi) is 6.42. The highest BCUT2D eigenvalue weighted by atomic mass is 32.2. The molecule has 0 spiro atoms. The third kappa shape index (κ3) is 4.46. The van der Waals surface area contributed by atoms with Gasteiger partial charge in [-0.05, 0) is 73.8 Å². The van der Waals surface area contributed by atoms with E-state index in [1.165, 1.54) is 39.9 Å². The van der Waals surface area contributed by atoms with Crippen molar-refractivity contribution in [3.05, 3.63) is 45.8 Å². The van der Waals surface area contributed by atoms with Crippen LogP contribution in [0.2, 0.25) is 0 Å². The molecule has 1 aromatic heterocycles. The van der Waals surface area contributed by atoms with E-state index in [2.05, 4.69) is 19.2 Å². The second-order valence-electron chi connectivity index (χ2n) is 9.01. The molecule has 0 bridgehead atoms. The summed E-state index contributed by atoms with van der Waals surface area (Å²) in [7, 11) is -3.58. The third-order valence-corrected chi connectivity index (χ3v) is 9.41. The van der Waals surface area contributed by atoms with Crippen LogP contribution in [0.4, 0.5) is 5.00 Å². The zero-order chi connectivity index (χ0) is 23.0. The number of fused-ring (bicyclic) bond motifs is 1. The number of hydrogen-bond donors (Lipinski definition) is 2. The van der Waals surface area contributed by atoms with Crippen LogP contribution in [-0.2, 0) is 22.9 Å². The number of nitrogens with two attached hydrogens (primary N) is 1. The molecule has 1 aromatic carbocycles. The van der Waals surface area contributed by atoms with Gasteiger partial charge in [0.25, 0.3) is 11.8 Å². The van der Waals surface area contributed by atoms with Crippen molar-refractivity contribution in [2.45, 2.75) is 50.8 Å². The maximum absolute atomic E-state index is 12.9. The van der Waals surface area contributed by atoms with Gasteiger partial charge in [-0.25, -0.2) is 8.42 Å². The predicted octanol–water partition coefficient (Wildman–Crippen LogP) is 3.64. The molecule has 1 fully saturated rings. The molecular weight excluding hydrogens is 446 g/mol. The van der Waals surface area contributed by atoms with Crippen molar-refractivity contribution in [3.8, 4) is 0 Å². The van der Waals surface area contributed by atoms with Gasteiger partial charge in [0, 0.05) is 23.5 Å². The first-order chi connectivity index (χ1) is 15.2. The van der Waals surface area contributed by atoms with Crippen LogP contribution < -0.4 is 11.1 Å². The fourth-order valence-corrected chi connectivity index (χ4v) is 7.58. The van der Waals surface area contributed by atoms with Crippen LogP contribution in [0.3, 0.4) is 0 Å². The van der Waals surface area contributed by atoms with Crippen LogP contribution in [0.5, 0.6) is 0 Å². The lowest BCUT2D eigenvalue weighted by Gasteiger charge is -2.30. The Morgan fingerprint density at radius 2 is 1.84 bits per heavy atom. The molecule has 2 aromatic rings. The lowest BCUT2D eigenvalue weighted by atomic mass is 9.88. The molecule has 0 saturated carbocycles. The van der Waals surface area contributed by atoms with E-state index < -0.39 is 21.8 Å². The second kappa shape index (κ2) is 8.96. The van der Waals surface area contributed by atoms with E-state index in [0.29, 0.717) is 41.1 Å². The molecule has 0 radical (unpaired) electrons. The normalized spacial score (nSPS) is 21.7. The molecule has 172 valence electrons. The van der Waals surface area contributed by atoms with Crippen LogP contribution >= 0.6 is 11.3 Å². The minimum atomic E-state index is -3.58. The highest BCUT2D eigenvalue weighted by Gasteiger charge is 2.30. The van der Waals surface area contributed by atoms with Crippen LogP contribution in [0.15, 0.2) is 29.2 Å². The summed E-state index contributed by atoms with van der Waals surface area (Å²) < 4.78 is 27.4. The first-order valence-corrected chi connectivity index (χ1v) is 13.3. The lowest BCUT2D eigenvalue weighted by Crippen LogP contribution is -2.39. The van der Waals surface area contributed by atoms with Gasteiger partial charge in [0.2, 0.25) is 10.0 Å². The quantitative estimate of drug-likeness (QED) is 0.688. The van der Waals surface area contributed by atoms with Crippen molar-refractivity contribution >= 4 is 38.2 Å². The summed E-state index contributed by atoms with van der Waals surface area (Å²) in [5.41, 5.74) is 7.31. The molecule has 1 aliphatic heterocycles. The van der Waals surface area contributed by atoms with Gasteiger partial charge < -0.3 is 11.1 Å². The van der Waals surface area contributed by atoms with Gasteiger partial charge in [0.1, 0.15) is 5.00 Å². The van der Waals surface area contributed by atoms with E-state index in [1.807, 2.05) is 0 Å². The predicted molar refractivity (Wildman–Crippen MR) is 126 cm³/mol. The number of primary amides is 1. The van der Waals surface area contributed by atoms with Gasteiger partial charge in [-0.3, -0.25) is 9.59 Å². The maximum atomic E-state index is 12.9. The minimum Gasteiger partial charge on any atom is -0.365 e. The maximum Gasteiger partial charge on any atom is 0.256 e. The van der Waals surface area contributed by atoms with Gasteiger partial charge in [-0.15, -0.1) is 11.3 Å². The summed E-state index contributed by atoms with van der Waals surface area (Å²) in [6.45, 7) is 5.26. The van der Waals surface area contributed by atoms with Gasteiger partial charge in [0.05, 0.1) is 10.5 Å². The van der Waals surface area contributed by atoms with Gasteiger partial charge >= 0.3 is 0 Å². The van der Waals surface area contributed by atoms with Crippen LogP contribution in [0, 0.1) is 11.8 Å². The lowest BCUT2D eigenvalue weighted by molar-refractivity contribution is 0.1000. The molecule has 3 N–H and O–H groups in total. The summed E-state index contributed by atoms with van der Waals surface area (Å²) in [4.78, 5) is 26.2. The van der Waals surface area contributed by atoms with Crippen molar-refractivity contribution in [1.29, 1.82) is 0 Å². The molecule has 4 rings (SSSR count). The number of hydrogen-bond acceptors (Lipinski definition) is 5. The number of carbonyl (C=O) groups is 2. The number of rotatable bonds is 5. The number of carbonyl (C=O) groups excluding carboxylic acids is 2. The number of piperidine rings is 1. The molecule has 7 nitrogen and oxygen atoms in total. The first-order valence-electron chi connectivity index (χ1n) is 11.0. The number of benzene rings is 1. The van der Waals surface area contributed by atoms with Crippen molar-refractivity contribution in [2.24, 2.45) is 17.6 Å². The Labute approximate surface area is 193 Å². The van der Waals surface area contributed by atoms with E-state index in [4.69, 9.17) is 5.73 Å². The molecule has 2 atom stereocenters. The number of anilines is 1.